The maximum absolute atomic E-state index is 10.3. The first kappa shape index (κ1) is 9.91. The Bertz CT molecular complexity index is 451. The second-order valence-electron chi connectivity index (χ2n) is 2.83. The number of rotatable bonds is 4. The molecule has 0 aliphatic carbocycles. The van der Waals surface area contributed by atoms with E-state index in [1.807, 2.05) is 0 Å². The molecule has 0 saturated carbocycles. The number of hydrogen-bond acceptors (Lipinski definition) is 5. The predicted molar refractivity (Wildman–Crippen MR) is 55.5 cm³/mol. The quantitative estimate of drug-likeness (QED) is 0.793. The summed E-state index contributed by atoms with van der Waals surface area (Å²) >= 11 is 1.29. The molecular formula is C8H8N4O2S. The molecule has 2 N–H and O–H groups in total. The van der Waals surface area contributed by atoms with E-state index in [4.69, 9.17) is 5.11 Å². The molecule has 78 valence electrons. The molecule has 2 heterocycles. The Morgan fingerprint density at radius 1 is 1.60 bits per heavy atom. The molecule has 0 atom stereocenters. The molecule has 0 bridgehead atoms. The van der Waals surface area contributed by atoms with E-state index in [2.05, 4.69) is 19.9 Å². The van der Waals surface area contributed by atoms with Crippen LogP contribution in [0.25, 0.3) is 11.2 Å². The zero-order chi connectivity index (χ0) is 10.7. The second-order valence-corrected chi connectivity index (χ2v) is 3.82. The number of imidazole rings is 1. The summed E-state index contributed by atoms with van der Waals surface area (Å²) in [4.78, 5) is 25.3. The average molecular weight is 224 g/mol. The molecule has 0 aliphatic rings. The van der Waals surface area contributed by atoms with Crippen molar-refractivity contribution in [1.82, 2.24) is 19.9 Å². The van der Waals surface area contributed by atoms with E-state index < -0.39 is 5.97 Å². The molecule has 0 radical (unpaired) electrons. The highest BCUT2D eigenvalue weighted by Crippen LogP contribution is 2.12. The summed E-state index contributed by atoms with van der Waals surface area (Å²) in [5.74, 6) is 0.499. The topological polar surface area (TPSA) is 91.8 Å². The van der Waals surface area contributed by atoms with Gasteiger partial charge in [-0.25, -0.2) is 15.0 Å². The number of carboxylic acids is 1. The molecule has 7 heteroatoms. The smallest absolute Gasteiger partial charge is 0.313 e. The third-order valence-electron chi connectivity index (χ3n) is 1.68. The highest BCUT2D eigenvalue weighted by atomic mass is 32.2. The Labute approximate surface area is 89.2 Å². The lowest BCUT2D eigenvalue weighted by atomic mass is 10.6. The number of carbonyl (C=O) groups is 1. The number of thioether (sulfide) groups is 1. The number of carboxylic acid groups (broad SMARTS) is 1. The minimum Gasteiger partial charge on any atom is -0.481 e. The molecule has 2 aromatic heterocycles. The van der Waals surface area contributed by atoms with Crippen LogP contribution in [0, 0.1) is 0 Å². The second kappa shape index (κ2) is 4.26. The summed E-state index contributed by atoms with van der Waals surface area (Å²) < 4.78 is 0. The van der Waals surface area contributed by atoms with Crippen molar-refractivity contribution in [2.24, 2.45) is 0 Å². The largest absolute Gasteiger partial charge is 0.481 e. The van der Waals surface area contributed by atoms with Crippen LogP contribution in [0.5, 0.6) is 0 Å². The normalized spacial score (nSPS) is 10.7. The lowest BCUT2D eigenvalue weighted by Gasteiger charge is -1.92. The van der Waals surface area contributed by atoms with Gasteiger partial charge in [-0.15, -0.1) is 11.8 Å². The van der Waals surface area contributed by atoms with Crippen LogP contribution in [0.2, 0.25) is 0 Å². The number of aromatic amines is 1. The maximum atomic E-state index is 10.3. The number of aromatic nitrogens is 4. The van der Waals surface area contributed by atoms with Gasteiger partial charge in [0.2, 0.25) is 0 Å². The van der Waals surface area contributed by atoms with Gasteiger partial charge in [-0.3, -0.25) is 4.79 Å². The van der Waals surface area contributed by atoms with Crippen molar-refractivity contribution in [1.29, 1.82) is 0 Å². The van der Waals surface area contributed by atoms with Crippen molar-refractivity contribution in [2.45, 2.75) is 5.75 Å². The van der Waals surface area contributed by atoms with Gasteiger partial charge in [-0.1, -0.05) is 0 Å². The Hall–Kier alpha value is -1.63. The molecule has 0 aromatic carbocycles. The van der Waals surface area contributed by atoms with E-state index in [1.54, 1.807) is 6.20 Å². The van der Waals surface area contributed by atoms with Crippen LogP contribution in [-0.2, 0) is 10.5 Å². The molecule has 0 unspecified atom stereocenters. The van der Waals surface area contributed by atoms with Gasteiger partial charge < -0.3 is 10.1 Å². The Kier molecular flexibility index (Phi) is 2.82. The van der Waals surface area contributed by atoms with Crippen molar-refractivity contribution >= 4 is 28.9 Å². The van der Waals surface area contributed by atoms with Crippen LogP contribution >= 0.6 is 11.8 Å². The molecule has 15 heavy (non-hydrogen) atoms. The zero-order valence-corrected chi connectivity index (χ0v) is 8.49. The van der Waals surface area contributed by atoms with E-state index in [1.165, 1.54) is 18.1 Å². The average Bonchev–Trinajstić information content (AvgIpc) is 2.59. The van der Waals surface area contributed by atoms with Crippen molar-refractivity contribution in [2.75, 3.05) is 5.75 Å². The van der Waals surface area contributed by atoms with Gasteiger partial charge in [-0.05, 0) is 0 Å². The van der Waals surface area contributed by atoms with Gasteiger partial charge in [0.25, 0.3) is 0 Å². The standard InChI is InChI=1S/C8H8N4O2S/c13-7(14)3-15-2-6-11-5-1-9-4-10-8(5)12-6/h1,4H,2-3H2,(H,13,14)(H,9,10,11,12). The van der Waals surface area contributed by atoms with Crippen molar-refractivity contribution in [3.05, 3.63) is 18.3 Å². The lowest BCUT2D eigenvalue weighted by Crippen LogP contribution is -1.98. The molecule has 0 aliphatic heterocycles. The number of H-pyrrole nitrogens is 1. The van der Waals surface area contributed by atoms with Gasteiger partial charge in [0.15, 0.2) is 5.65 Å². The van der Waals surface area contributed by atoms with Gasteiger partial charge in [0.1, 0.15) is 17.7 Å². The molecule has 0 fully saturated rings. The van der Waals surface area contributed by atoms with Gasteiger partial charge >= 0.3 is 5.97 Å². The van der Waals surface area contributed by atoms with Crippen LogP contribution in [0.3, 0.4) is 0 Å². The van der Waals surface area contributed by atoms with E-state index in [-0.39, 0.29) is 5.75 Å². The van der Waals surface area contributed by atoms with E-state index in [0.717, 1.165) is 11.3 Å². The van der Waals surface area contributed by atoms with E-state index in [0.29, 0.717) is 11.4 Å². The summed E-state index contributed by atoms with van der Waals surface area (Å²) in [5.41, 5.74) is 1.37. The monoisotopic (exact) mass is 224 g/mol. The van der Waals surface area contributed by atoms with Crippen LogP contribution in [0.4, 0.5) is 0 Å². The number of nitrogens with one attached hydrogen (secondary N) is 1. The van der Waals surface area contributed by atoms with Crippen molar-refractivity contribution < 1.29 is 9.90 Å². The molecule has 0 saturated heterocycles. The molecule has 2 aromatic rings. The minimum atomic E-state index is -0.823. The fourth-order valence-corrected chi connectivity index (χ4v) is 1.72. The first-order valence-electron chi connectivity index (χ1n) is 4.20. The Morgan fingerprint density at radius 2 is 2.47 bits per heavy atom. The Balaban J connectivity index is 2.05. The van der Waals surface area contributed by atoms with Crippen LogP contribution in [0.15, 0.2) is 12.5 Å². The fraction of sp³-hybridized carbons (Fsp3) is 0.250. The predicted octanol–water partition coefficient (Wildman–Crippen LogP) is 0.671. The SMILES string of the molecule is O=C(O)CSCc1nc2ncncc2[nH]1. The van der Waals surface area contributed by atoms with Crippen molar-refractivity contribution in [3.63, 3.8) is 0 Å². The first-order chi connectivity index (χ1) is 7.25. The van der Waals surface area contributed by atoms with Crippen molar-refractivity contribution in [3.8, 4) is 0 Å². The van der Waals surface area contributed by atoms with Gasteiger partial charge in [0.05, 0.1) is 17.7 Å². The minimum absolute atomic E-state index is 0.0721. The lowest BCUT2D eigenvalue weighted by molar-refractivity contribution is -0.133. The molecule has 6 nitrogen and oxygen atoms in total. The third-order valence-corrected chi connectivity index (χ3v) is 2.60. The maximum Gasteiger partial charge on any atom is 0.313 e. The molecule has 2 rings (SSSR count). The highest BCUT2D eigenvalue weighted by Gasteiger charge is 2.04. The summed E-state index contributed by atoms with van der Waals surface area (Å²) in [5, 5.41) is 8.46. The van der Waals surface area contributed by atoms with Gasteiger partial charge in [-0.2, -0.15) is 0 Å². The zero-order valence-electron chi connectivity index (χ0n) is 7.67. The highest BCUT2D eigenvalue weighted by molar-refractivity contribution is 7.99. The van der Waals surface area contributed by atoms with E-state index in [9.17, 15) is 4.79 Å². The van der Waals surface area contributed by atoms with Crippen LogP contribution in [0.1, 0.15) is 5.82 Å². The van der Waals surface area contributed by atoms with Gasteiger partial charge in [0, 0.05) is 0 Å². The number of nitrogens with zero attached hydrogens (tertiary/aromatic N) is 3. The summed E-state index contributed by atoms with van der Waals surface area (Å²) in [7, 11) is 0. The third kappa shape index (κ3) is 2.44. The number of aliphatic carboxylic acids is 1. The Morgan fingerprint density at radius 3 is 3.20 bits per heavy atom. The summed E-state index contributed by atoms with van der Waals surface area (Å²) in [6, 6.07) is 0. The summed E-state index contributed by atoms with van der Waals surface area (Å²) in [6.45, 7) is 0. The first-order valence-corrected chi connectivity index (χ1v) is 5.35. The van der Waals surface area contributed by atoms with E-state index >= 15 is 0 Å². The molecule has 0 amide bonds. The van der Waals surface area contributed by atoms with Crippen LogP contribution < -0.4 is 0 Å². The molecular weight excluding hydrogens is 216 g/mol. The number of hydrogen-bond donors (Lipinski definition) is 2. The number of fused-ring (bicyclic) bond motifs is 1. The van der Waals surface area contributed by atoms with Crippen LogP contribution in [-0.4, -0.2) is 36.8 Å². The molecule has 0 spiro atoms. The summed E-state index contributed by atoms with van der Waals surface area (Å²) in [6.07, 6.45) is 3.07. The fourth-order valence-electron chi connectivity index (χ4n) is 1.12.